The molecule has 1 atom stereocenters. The second kappa shape index (κ2) is 8.98. The van der Waals surface area contributed by atoms with Gasteiger partial charge in [-0.2, -0.15) is 0 Å². The Morgan fingerprint density at radius 3 is 2.42 bits per heavy atom. The fourth-order valence-electron chi connectivity index (χ4n) is 4.20. The van der Waals surface area contributed by atoms with Gasteiger partial charge in [0.15, 0.2) is 0 Å². The molecule has 1 aliphatic rings. The van der Waals surface area contributed by atoms with Crippen molar-refractivity contribution in [3.05, 3.63) is 85.0 Å². The SMILES string of the molecule is COc1c(I)cc([C@@H]2Nc3nc4ccccc4n3C(C)=C2C(=O)Nc2ccccc2)cc1I. The van der Waals surface area contributed by atoms with Crippen molar-refractivity contribution in [2.24, 2.45) is 0 Å². The highest BCUT2D eigenvalue weighted by molar-refractivity contribution is 14.1. The Bertz CT molecular complexity index is 1390. The van der Waals surface area contributed by atoms with Crippen LogP contribution in [0.25, 0.3) is 16.7 Å². The number of ether oxygens (including phenoxy) is 1. The van der Waals surface area contributed by atoms with Gasteiger partial charge in [-0.15, -0.1) is 0 Å². The minimum Gasteiger partial charge on any atom is -0.495 e. The van der Waals surface area contributed by atoms with E-state index in [1.54, 1.807) is 7.11 Å². The third kappa shape index (κ3) is 3.99. The third-order valence-electron chi connectivity index (χ3n) is 5.68. The maximum atomic E-state index is 13.7. The number of nitrogens with one attached hydrogen (secondary N) is 2. The van der Waals surface area contributed by atoms with Crippen LogP contribution in [-0.4, -0.2) is 22.6 Å². The number of imidazole rings is 1. The summed E-state index contributed by atoms with van der Waals surface area (Å²) in [5.74, 6) is 1.40. The highest BCUT2D eigenvalue weighted by Gasteiger charge is 2.33. The topological polar surface area (TPSA) is 68.2 Å². The molecule has 5 rings (SSSR count). The van der Waals surface area contributed by atoms with Crippen LogP contribution in [-0.2, 0) is 4.79 Å². The predicted molar refractivity (Wildman–Crippen MR) is 148 cm³/mol. The minimum atomic E-state index is -0.369. The first-order chi connectivity index (χ1) is 16.0. The molecular formula is C25H20I2N4O2. The number of carbonyl (C=O) groups excluding carboxylic acids is 1. The average Bonchev–Trinajstić information content (AvgIpc) is 3.18. The molecule has 0 saturated heterocycles. The molecule has 6 nitrogen and oxygen atoms in total. The van der Waals surface area contributed by atoms with Crippen LogP contribution in [0.15, 0.2) is 72.3 Å². The molecule has 1 amide bonds. The molecule has 33 heavy (non-hydrogen) atoms. The molecule has 0 aliphatic carbocycles. The summed E-state index contributed by atoms with van der Waals surface area (Å²) < 4.78 is 9.53. The molecular weight excluding hydrogens is 642 g/mol. The van der Waals surface area contributed by atoms with E-state index in [1.165, 1.54) is 0 Å². The van der Waals surface area contributed by atoms with Gasteiger partial charge in [0.2, 0.25) is 5.95 Å². The van der Waals surface area contributed by atoms with E-state index >= 15 is 0 Å². The Morgan fingerprint density at radius 1 is 1.06 bits per heavy atom. The zero-order chi connectivity index (χ0) is 23.1. The number of amides is 1. The van der Waals surface area contributed by atoms with Crippen LogP contribution in [0.4, 0.5) is 11.6 Å². The quantitative estimate of drug-likeness (QED) is 0.252. The zero-order valence-corrected chi connectivity index (χ0v) is 22.2. The molecule has 3 aromatic carbocycles. The van der Waals surface area contributed by atoms with Crippen molar-refractivity contribution in [2.75, 3.05) is 17.7 Å². The summed E-state index contributed by atoms with van der Waals surface area (Å²) in [7, 11) is 1.67. The summed E-state index contributed by atoms with van der Waals surface area (Å²) >= 11 is 4.55. The van der Waals surface area contributed by atoms with Crippen LogP contribution in [0.5, 0.6) is 5.75 Å². The number of hydrogen-bond acceptors (Lipinski definition) is 4. The first-order valence-corrected chi connectivity index (χ1v) is 12.5. The van der Waals surface area contributed by atoms with Gasteiger partial charge in [-0.25, -0.2) is 4.98 Å². The molecule has 1 aliphatic heterocycles. The summed E-state index contributed by atoms with van der Waals surface area (Å²) in [6.45, 7) is 1.98. The van der Waals surface area contributed by atoms with Crippen molar-refractivity contribution in [1.82, 2.24) is 9.55 Å². The van der Waals surface area contributed by atoms with Crippen molar-refractivity contribution in [3.8, 4) is 5.75 Å². The number of allylic oxidation sites excluding steroid dienone is 1. The number of nitrogens with zero attached hydrogens (tertiary/aromatic N) is 2. The standard InChI is InChI=1S/C25H20I2N4O2/c1-14-21(24(32)28-16-8-4-3-5-9-16)22(15-12-17(26)23(33-2)18(27)13-15)30-25-29-19-10-6-7-11-20(19)31(14)25/h3-13,22H,1-2H3,(H,28,32)(H,29,30)/t22-/m0/s1. The van der Waals surface area contributed by atoms with Crippen LogP contribution < -0.4 is 15.4 Å². The number of anilines is 2. The van der Waals surface area contributed by atoms with Crippen LogP contribution in [0.3, 0.4) is 0 Å². The Kier molecular flexibility index (Phi) is 6.04. The number of rotatable bonds is 4. The molecule has 2 heterocycles. The first-order valence-electron chi connectivity index (χ1n) is 10.3. The van der Waals surface area contributed by atoms with E-state index in [4.69, 9.17) is 9.72 Å². The summed E-state index contributed by atoms with van der Waals surface area (Å²) in [6.07, 6.45) is 0. The van der Waals surface area contributed by atoms with E-state index in [0.717, 1.165) is 46.8 Å². The Morgan fingerprint density at radius 2 is 1.73 bits per heavy atom. The fraction of sp³-hybridized carbons (Fsp3) is 0.120. The number of fused-ring (bicyclic) bond motifs is 3. The first kappa shape index (κ1) is 22.2. The van der Waals surface area contributed by atoms with Gasteiger partial charge in [0.05, 0.1) is 36.9 Å². The monoisotopic (exact) mass is 662 g/mol. The lowest BCUT2D eigenvalue weighted by Crippen LogP contribution is -2.30. The molecule has 0 fully saturated rings. The van der Waals surface area contributed by atoms with Crippen molar-refractivity contribution in [2.45, 2.75) is 13.0 Å². The maximum absolute atomic E-state index is 13.7. The summed E-state index contributed by atoms with van der Waals surface area (Å²) in [4.78, 5) is 18.4. The highest BCUT2D eigenvalue weighted by atomic mass is 127. The van der Waals surface area contributed by atoms with Crippen molar-refractivity contribution < 1.29 is 9.53 Å². The van der Waals surface area contributed by atoms with Crippen molar-refractivity contribution in [1.29, 1.82) is 0 Å². The molecule has 0 bridgehead atoms. The maximum Gasteiger partial charge on any atom is 0.255 e. The molecule has 166 valence electrons. The van der Waals surface area contributed by atoms with E-state index in [0.29, 0.717) is 5.57 Å². The molecule has 0 unspecified atom stereocenters. The molecule has 8 heteroatoms. The number of aromatic nitrogens is 2. The number of para-hydroxylation sites is 3. The molecule has 0 radical (unpaired) electrons. The van der Waals surface area contributed by atoms with E-state index in [1.807, 2.05) is 66.1 Å². The largest absolute Gasteiger partial charge is 0.495 e. The van der Waals surface area contributed by atoms with Crippen molar-refractivity contribution in [3.63, 3.8) is 0 Å². The summed E-state index contributed by atoms with van der Waals surface area (Å²) in [6, 6.07) is 21.2. The van der Waals surface area contributed by atoms with Crippen LogP contribution in [0.1, 0.15) is 18.5 Å². The van der Waals surface area contributed by atoms with E-state index in [-0.39, 0.29) is 11.9 Å². The van der Waals surface area contributed by atoms with E-state index < -0.39 is 0 Å². The lowest BCUT2D eigenvalue weighted by Gasteiger charge is -2.30. The van der Waals surface area contributed by atoms with Gasteiger partial charge < -0.3 is 15.4 Å². The zero-order valence-electron chi connectivity index (χ0n) is 17.9. The van der Waals surface area contributed by atoms with Gasteiger partial charge in [-0.1, -0.05) is 30.3 Å². The summed E-state index contributed by atoms with van der Waals surface area (Å²) in [5, 5.41) is 6.59. The Labute approximate surface area is 218 Å². The van der Waals surface area contributed by atoms with Gasteiger partial charge in [-0.3, -0.25) is 9.36 Å². The van der Waals surface area contributed by atoms with Gasteiger partial charge >= 0.3 is 0 Å². The number of hydrogen-bond donors (Lipinski definition) is 2. The molecule has 0 saturated carbocycles. The lowest BCUT2D eigenvalue weighted by atomic mass is 9.94. The van der Waals surface area contributed by atoms with Crippen LogP contribution >= 0.6 is 45.2 Å². The normalized spacial score (nSPS) is 15.2. The summed E-state index contributed by atoms with van der Waals surface area (Å²) in [5.41, 5.74) is 5.05. The second-order valence-electron chi connectivity index (χ2n) is 7.67. The molecule has 0 spiro atoms. The lowest BCUT2D eigenvalue weighted by molar-refractivity contribution is -0.113. The smallest absolute Gasteiger partial charge is 0.255 e. The second-order valence-corrected chi connectivity index (χ2v) is 10.00. The number of benzene rings is 3. The Hall–Kier alpha value is -2.60. The number of halogens is 2. The van der Waals surface area contributed by atoms with Crippen LogP contribution in [0, 0.1) is 7.14 Å². The Balaban J connectivity index is 1.68. The van der Waals surface area contributed by atoms with Crippen molar-refractivity contribution >= 4 is 79.5 Å². The van der Waals surface area contributed by atoms with E-state index in [2.05, 4.69) is 67.9 Å². The van der Waals surface area contributed by atoms with Gasteiger partial charge in [-0.05, 0) is 94.1 Å². The average molecular weight is 662 g/mol. The molecule has 1 aromatic heterocycles. The van der Waals surface area contributed by atoms with E-state index in [9.17, 15) is 4.79 Å². The fourth-order valence-corrected chi connectivity index (χ4v) is 6.46. The molecule has 2 N–H and O–H groups in total. The minimum absolute atomic E-state index is 0.152. The molecule has 4 aromatic rings. The third-order valence-corrected chi connectivity index (χ3v) is 7.29. The number of carbonyl (C=O) groups is 1. The van der Waals surface area contributed by atoms with Gasteiger partial charge in [0.25, 0.3) is 5.91 Å². The van der Waals surface area contributed by atoms with Gasteiger partial charge in [0, 0.05) is 11.4 Å². The highest BCUT2D eigenvalue weighted by Crippen LogP contribution is 2.41. The number of methoxy groups -OCH3 is 1. The van der Waals surface area contributed by atoms with Gasteiger partial charge in [0.1, 0.15) is 5.75 Å². The van der Waals surface area contributed by atoms with Crippen LogP contribution in [0.2, 0.25) is 0 Å². The predicted octanol–water partition coefficient (Wildman–Crippen LogP) is 6.29.